The van der Waals surface area contributed by atoms with E-state index >= 15 is 0 Å². The average Bonchev–Trinajstić information content (AvgIpc) is 2.62. The molecule has 0 aliphatic carbocycles. The summed E-state index contributed by atoms with van der Waals surface area (Å²) in [5, 5.41) is 0. The third-order valence-corrected chi connectivity index (χ3v) is 7.35. The van der Waals surface area contributed by atoms with Crippen molar-refractivity contribution in [2.24, 2.45) is 11.8 Å². The standard InChI is InChI=1S/C22H29NO2S/c1-17(2)22-14-11-20(15-19-7-5-4-6-8-19)16-23(22)26(24,25)21-12-9-18(3)10-13-21/h4-10,12-13,17,20,22H,11,14-16H2,1-3H3/t20-,22+/m0/s1. The van der Waals surface area contributed by atoms with Gasteiger partial charge in [-0.1, -0.05) is 61.9 Å². The van der Waals surface area contributed by atoms with Crippen LogP contribution in [0.25, 0.3) is 0 Å². The van der Waals surface area contributed by atoms with Gasteiger partial charge < -0.3 is 0 Å². The molecule has 0 bridgehead atoms. The minimum Gasteiger partial charge on any atom is -0.207 e. The van der Waals surface area contributed by atoms with Crippen LogP contribution >= 0.6 is 0 Å². The summed E-state index contributed by atoms with van der Waals surface area (Å²) in [7, 11) is -3.46. The molecule has 2 aromatic rings. The first-order chi connectivity index (χ1) is 12.4. The summed E-state index contributed by atoms with van der Waals surface area (Å²) in [6.45, 7) is 6.83. The van der Waals surface area contributed by atoms with Crippen molar-refractivity contribution in [3.05, 3.63) is 65.7 Å². The van der Waals surface area contributed by atoms with Crippen molar-refractivity contribution < 1.29 is 8.42 Å². The van der Waals surface area contributed by atoms with Crippen LogP contribution in [0.5, 0.6) is 0 Å². The van der Waals surface area contributed by atoms with Gasteiger partial charge in [0.05, 0.1) is 4.90 Å². The van der Waals surface area contributed by atoms with Gasteiger partial charge in [0.15, 0.2) is 0 Å². The van der Waals surface area contributed by atoms with Gasteiger partial charge >= 0.3 is 0 Å². The minimum atomic E-state index is -3.46. The molecule has 0 unspecified atom stereocenters. The number of nitrogens with zero attached hydrogens (tertiary/aromatic N) is 1. The zero-order valence-corrected chi connectivity index (χ0v) is 16.7. The van der Waals surface area contributed by atoms with E-state index < -0.39 is 10.0 Å². The van der Waals surface area contributed by atoms with E-state index in [1.165, 1.54) is 5.56 Å². The van der Waals surface area contributed by atoms with Crippen molar-refractivity contribution in [2.75, 3.05) is 6.54 Å². The third-order valence-electron chi connectivity index (χ3n) is 5.44. The fourth-order valence-corrected chi connectivity index (χ4v) is 5.80. The number of sulfonamides is 1. The smallest absolute Gasteiger partial charge is 0.207 e. The molecule has 2 atom stereocenters. The molecule has 2 aromatic carbocycles. The Morgan fingerprint density at radius 3 is 2.27 bits per heavy atom. The zero-order valence-electron chi connectivity index (χ0n) is 15.9. The van der Waals surface area contributed by atoms with Crippen LogP contribution < -0.4 is 0 Å². The fourth-order valence-electron chi connectivity index (χ4n) is 3.93. The van der Waals surface area contributed by atoms with Crippen LogP contribution in [0.15, 0.2) is 59.5 Å². The molecule has 0 N–H and O–H groups in total. The first-order valence-electron chi connectivity index (χ1n) is 9.50. The Morgan fingerprint density at radius 2 is 1.65 bits per heavy atom. The van der Waals surface area contributed by atoms with Gasteiger partial charge in [0.1, 0.15) is 0 Å². The lowest BCUT2D eigenvalue weighted by Gasteiger charge is -2.40. The van der Waals surface area contributed by atoms with Crippen LogP contribution in [-0.2, 0) is 16.4 Å². The Bertz CT molecular complexity index is 813. The maximum Gasteiger partial charge on any atom is 0.243 e. The molecule has 26 heavy (non-hydrogen) atoms. The van der Waals surface area contributed by atoms with Crippen molar-refractivity contribution in [2.45, 2.75) is 51.0 Å². The number of aryl methyl sites for hydroxylation is 1. The maximum absolute atomic E-state index is 13.3. The van der Waals surface area contributed by atoms with E-state index in [0.29, 0.717) is 23.3 Å². The molecule has 0 radical (unpaired) electrons. The molecule has 1 heterocycles. The molecule has 0 saturated carbocycles. The molecule has 1 aliphatic heterocycles. The van der Waals surface area contributed by atoms with E-state index in [1.54, 1.807) is 16.4 Å². The molecule has 3 rings (SSSR count). The van der Waals surface area contributed by atoms with Gasteiger partial charge in [-0.25, -0.2) is 8.42 Å². The van der Waals surface area contributed by atoms with Crippen molar-refractivity contribution in [1.82, 2.24) is 4.31 Å². The van der Waals surface area contributed by atoms with Gasteiger partial charge in [0, 0.05) is 12.6 Å². The summed E-state index contributed by atoms with van der Waals surface area (Å²) in [6.07, 6.45) is 2.95. The topological polar surface area (TPSA) is 37.4 Å². The van der Waals surface area contributed by atoms with Gasteiger partial charge in [0.2, 0.25) is 10.0 Å². The van der Waals surface area contributed by atoms with Crippen molar-refractivity contribution in [3.8, 4) is 0 Å². The summed E-state index contributed by atoms with van der Waals surface area (Å²) < 4.78 is 28.5. The second-order valence-electron chi connectivity index (χ2n) is 7.83. The molecule has 1 fully saturated rings. The largest absolute Gasteiger partial charge is 0.243 e. The first-order valence-corrected chi connectivity index (χ1v) is 10.9. The Balaban J connectivity index is 1.85. The van der Waals surface area contributed by atoms with E-state index in [0.717, 1.165) is 24.8 Å². The lowest BCUT2D eigenvalue weighted by atomic mass is 9.86. The summed E-state index contributed by atoms with van der Waals surface area (Å²) in [5.74, 6) is 0.681. The van der Waals surface area contributed by atoms with Crippen LogP contribution in [0.4, 0.5) is 0 Å². The van der Waals surface area contributed by atoms with E-state index in [4.69, 9.17) is 0 Å². The Morgan fingerprint density at radius 1 is 1.00 bits per heavy atom. The summed E-state index contributed by atoms with van der Waals surface area (Å²) >= 11 is 0. The van der Waals surface area contributed by atoms with Gasteiger partial charge in [-0.05, 0) is 55.7 Å². The summed E-state index contributed by atoms with van der Waals surface area (Å²) in [4.78, 5) is 0.411. The molecular formula is C22H29NO2S. The van der Waals surface area contributed by atoms with Crippen LogP contribution in [0.2, 0.25) is 0 Å². The first kappa shape index (κ1) is 19.1. The molecular weight excluding hydrogens is 342 g/mol. The molecule has 4 heteroatoms. The summed E-state index contributed by atoms with van der Waals surface area (Å²) in [6, 6.07) is 17.7. The van der Waals surface area contributed by atoms with E-state index in [-0.39, 0.29) is 6.04 Å². The van der Waals surface area contributed by atoms with E-state index in [2.05, 4.69) is 38.1 Å². The van der Waals surface area contributed by atoms with E-state index in [1.807, 2.05) is 25.1 Å². The molecule has 0 amide bonds. The predicted octanol–water partition coefficient (Wildman–Crippen LogP) is 4.66. The van der Waals surface area contributed by atoms with Crippen molar-refractivity contribution in [1.29, 1.82) is 0 Å². The highest BCUT2D eigenvalue weighted by Crippen LogP contribution is 2.33. The second kappa shape index (κ2) is 7.93. The lowest BCUT2D eigenvalue weighted by Crippen LogP contribution is -2.49. The third kappa shape index (κ3) is 4.18. The fraction of sp³-hybridized carbons (Fsp3) is 0.455. The lowest BCUT2D eigenvalue weighted by molar-refractivity contribution is 0.157. The monoisotopic (exact) mass is 371 g/mol. The predicted molar refractivity (Wildman–Crippen MR) is 107 cm³/mol. The number of rotatable bonds is 5. The highest BCUT2D eigenvalue weighted by Gasteiger charge is 2.38. The molecule has 0 spiro atoms. The van der Waals surface area contributed by atoms with Crippen LogP contribution in [0.1, 0.15) is 37.8 Å². The quantitative estimate of drug-likeness (QED) is 0.766. The Kier molecular flexibility index (Phi) is 5.83. The average molecular weight is 372 g/mol. The Hall–Kier alpha value is -1.65. The molecule has 1 aliphatic rings. The number of piperidine rings is 1. The molecule has 140 valence electrons. The van der Waals surface area contributed by atoms with Gasteiger partial charge in [-0.3, -0.25) is 0 Å². The Labute approximate surface area is 158 Å². The molecule has 0 aromatic heterocycles. The molecule has 3 nitrogen and oxygen atoms in total. The number of hydrogen-bond acceptors (Lipinski definition) is 2. The number of benzene rings is 2. The normalized spacial score (nSPS) is 21.8. The van der Waals surface area contributed by atoms with Crippen LogP contribution in [0, 0.1) is 18.8 Å². The van der Waals surface area contributed by atoms with Crippen LogP contribution in [-0.4, -0.2) is 25.3 Å². The SMILES string of the molecule is Cc1ccc(S(=O)(=O)N2C[C@H](Cc3ccccc3)CC[C@@H]2C(C)C)cc1. The highest BCUT2D eigenvalue weighted by molar-refractivity contribution is 7.89. The number of hydrogen-bond donors (Lipinski definition) is 0. The molecule has 1 saturated heterocycles. The van der Waals surface area contributed by atoms with Gasteiger partial charge in [-0.2, -0.15) is 4.31 Å². The maximum atomic E-state index is 13.3. The second-order valence-corrected chi connectivity index (χ2v) is 9.72. The zero-order chi connectivity index (χ0) is 18.7. The van der Waals surface area contributed by atoms with Gasteiger partial charge in [-0.15, -0.1) is 0 Å². The highest BCUT2D eigenvalue weighted by atomic mass is 32.2. The van der Waals surface area contributed by atoms with Crippen LogP contribution in [0.3, 0.4) is 0 Å². The van der Waals surface area contributed by atoms with Crippen molar-refractivity contribution >= 4 is 10.0 Å². The minimum absolute atomic E-state index is 0.0772. The van der Waals surface area contributed by atoms with Gasteiger partial charge in [0.25, 0.3) is 0 Å². The summed E-state index contributed by atoms with van der Waals surface area (Å²) in [5.41, 5.74) is 2.36. The van der Waals surface area contributed by atoms with Crippen molar-refractivity contribution in [3.63, 3.8) is 0 Å². The van der Waals surface area contributed by atoms with E-state index in [9.17, 15) is 8.42 Å².